The Bertz CT molecular complexity index is 712. The third-order valence-corrected chi connectivity index (χ3v) is 5.52. The molecule has 22 heavy (non-hydrogen) atoms. The van der Waals surface area contributed by atoms with E-state index < -0.39 is 0 Å². The summed E-state index contributed by atoms with van der Waals surface area (Å²) in [6, 6.07) is 5.99. The number of hydrogen-bond donors (Lipinski definition) is 1. The number of carbonyl (C=O) groups is 1. The maximum atomic E-state index is 12.6. The summed E-state index contributed by atoms with van der Waals surface area (Å²) < 4.78 is 1.91. The highest BCUT2D eigenvalue weighted by Crippen LogP contribution is 2.39. The minimum Gasteiger partial charge on any atom is -0.346 e. The van der Waals surface area contributed by atoms with E-state index in [0.717, 1.165) is 18.6 Å². The summed E-state index contributed by atoms with van der Waals surface area (Å²) in [6.45, 7) is 6.79. The normalized spacial score (nSPS) is 29.6. The fourth-order valence-electron chi connectivity index (χ4n) is 4.15. The summed E-state index contributed by atoms with van der Waals surface area (Å²) in [7, 11) is 0. The molecule has 3 aliphatic rings. The van der Waals surface area contributed by atoms with E-state index >= 15 is 0 Å². The lowest BCUT2D eigenvalue weighted by atomic mass is 9.72. The lowest BCUT2D eigenvalue weighted by molar-refractivity contribution is -0.0378. The van der Waals surface area contributed by atoms with Crippen LogP contribution in [0.2, 0.25) is 0 Å². The molecule has 2 aromatic rings. The number of amides is 1. The molecule has 5 nitrogen and oxygen atoms in total. The fraction of sp³-hybridized carbons (Fsp3) is 0.529. The van der Waals surface area contributed by atoms with E-state index in [4.69, 9.17) is 0 Å². The summed E-state index contributed by atoms with van der Waals surface area (Å²) >= 11 is 0. The van der Waals surface area contributed by atoms with E-state index in [0.29, 0.717) is 11.6 Å². The molecular weight excluding hydrogens is 276 g/mol. The van der Waals surface area contributed by atoms with E-state index in [2.05, 4.69) is 29.0 Å². The highest BCUT2D eigenvalue weighted by Gasteiger charge is 2.48. The minimum absolute atomic E-state index is 0.0238. The monoisotopic (exact) mass is 298 g/mol. The first-order chi connectivity index (χ1) is 10.6. The summed E-state index contributed by atoms with van der Waals surface area (Å²) in [5, 5.41) is 3.26. The van der Waals surface area contributed by atoms with Gasteiger partial charge >= 0.3 is 0 Å². The van der Waals surface area contributed by atoms with Gasteiger partial charge in [-0.1, -0.05) is 0 Å². The van der Waals surface area contributed by atoms with Crippen molar-refractivity contribution in [1.29, 1.82) is 0 Å². The number of carbonyl (C=O) groups excluding carboxylic acids is 1. The second-order valence-electron chi connectivity index (χ2n) is 7.04. The van der Waals surface area contributed by atoms with Crippen molar-refractivity contribution in [1.82, 2.24) is 19.6 Å². The molecule has 3 fully saturated rings. The molecule has 1 N–H and O–H groups in total. The molecule has 2 aromatic heterocycles. The lowest BCUT2D eigenvalue weighted by Crippen LogP contribution is -2.69. The highest BCUT2D eigenvalue weighted by atomic mass is 16.2. The van der Waals surface area contributed by atoms with Gasteiger partial charge < -0.3 is 9.72 Å². The molecule has 5 heteroatoms. The zero-order valence-corrected chi connectivity index (χ0v) is 13.1. The SMILES string of the molecule is CC1(C)[C@@H](NC(=O)c2cc3cccn3cn2)C2CCN1CC2. The van der Waals surface area contributed by atoms with Crippen molar-refractivity contribution in [3.05, 3.63) is 36.4 Å². The Labute approximate surface area is 130 Å². The number of nitrogens with zero attached hydrogens (tertiary/aromatic N) is 3. The van der Waals surface area contributed by atoms with Gasteiger partial charge in [0.2, 0.25) is 0 Å². The number of fused-ring (bicyclic) bond motifs is 4. The van der Waals surface area contributed by atoms with Gasteiger partial charge in [-0.15, -0.1) is 0 Å². The van der Waals surface area contributed by atoms with Crippen molar-refractivity contribution in [2.45, 2.75) is 38.3 Å². The number of hydrogen-bond acceptors (Lipinski definition) is 3. The van der Waals surface area contributed by atoms with Crippen LogP contribution in [0.15, 0.2) is 30.7 Å². The fourth-order valence-corrected chi connectivity index (χ4v) is 4.15. The quantitative estimate of drug-likeness (QED) is 0.922. The zero-order valence-electron chi connectivity index (χ0n) is 13.1. The average Bonchev–Trinajstić information content (AvgIpc) is 2.98. The van der Waals surface area contributed by atoms with Gasteiger partial charge in [0.1, 0.15) is 5.69 Å². The predicted molar refractivity (Wildman–Crippen MR) is 84.8 cm³/mol. The van der Waals surface area contributed by atoms with Gasteiger partial charge in [0.25, 0.3) is 5.91 Å². The van der Waals surface area contributed by atoms with Crippen molar-refractivity contribution in [3.63, 3.8) is 0 Å². The number of piperidine rings is 3. The summed E-state index contributed by atoms with van der Waals surface area (Å²) in [4.78, 5) is 19.4. The van der Waals surface area contributed by atoms with E-state index in [9.17, 15) is 4.79 Å². The lowest BCUT2D eigenvalue weighted by Gasteiger charge is -2.56. The predicted octanol–water partition coefficient (Wildman–Crippen LogP) is 1.94. The van der Waals surface area contributed by atoms with E-state index in [1.165, 1.54) is 12.8 Å². The average molecular weight is 298 g/mol. The van der Waals surface area contributed by atoms with Crippen LogP contribution in [0, 0.1) is 5.92 Å². The van der Waals surface area contributed by atoms with Crippen molar-refractivity contribution in [2.75, 3.05) is 13.1 Å². The Morgan fingerprint density at radius 2 is 2.14 bits per heavy atom. The van der Waals surface area contributed by atoms with Crippen LogP contribution in [0.25, 0.3) is 5.52 Å². The maximum absolute atomic E-state index is 12.6. The van der Waals surface area contributed by atoms with Gasteiger partial charge in [-0.2, -0.15) is 0 Å². The Morgan fingerprint density at radius 1 is 1.36 bits per heavy atom. The Balaban J connectivity index is 1.58. The molecule has 0 radical (unpaired) electrons. The van der Waals surface area contributed by atoms with Crippen molar-refractivity contribution < 1.29 is 4.79 Å². The van der Waals surface area contributed by atoms with Crippen LogP contribution >= 0.6 is 0 Å². The molecule has 0 saturated carbocycles. The van der Waals surface area contributed by atoms with E-state index in [1.807, 2.05) is 28.8 Å². The molecule has 3 saturated heterocycles. The highest BCUT2D eigenvalue weighted by molar-refractivity contribution is 5.93. The molecule has 0 unspecified atom stereocenters. The van der Waals surface area contributed by atoms with Crippen LogP contribution in [0.4, 0.5) is 0 Å². The molecule has 3 aliphatic heterocycles. The zero-order chi connectivity index (χ0) is 15.3. The van der Waals surface area contributed by atoms with Crippen LogP contribution in [0.3, 0.4) is 0 Å². The minimum atomic E-state index is -0.0597. The Hall–Kier alpha value is -1.88. The molecule has 1 atom stereocenters. The molecule has 1 amide bonds. The molecule has 2 bridgehead atoms. The maximum Gasteiger partial charge on any atom is 0.270 e. The first-order valence-electron chi connectivity index (χ1n) is 8.04. The van der Waals surface area contributed by atoms with Gasteiger partial charge in [0, 0.05) is 23.3 Å². The Kier molecular flexibility index (Phi) is 3.01. The van der Waals surface area contributed by atoms with Crippen molar-refractivity contribution >= 4 is 11.4 Å². The summed E-state index contributed by atoms with van der Waals surface area (Å²) in [5.74, 6) is 0.525. The molecule has 116 valence electrons. The largest absolute Gasteiger partial charge is 0.346 e. The summed E-state index contributed by atoms with van der Waals surface area (Å²) in [5.41, 5.74) is 1.52. The van der Waals surface area contributed by atoms with E-state index in [1.54, 1.807) is 6.33 Å². The third kappa shape index (κ3) is 2.03. The molecular formula is C17H22N4O. The van der Waals surface area contributed by atoms with Crippen LogP contribution in [0.5, 0.6) is 0 Å². The van der Waals surface area contributed by atoms with Gasteiger partial charge in [-0.25, -0.2) is 4.98 Å². The van der Waals surface area contributed by atoms with Gasteiger partial charge in [-0.05, 0) is 63.9 Å². The third-order valence-electron chi connectivity index (χ3n) is 5.52. The molecule has 5 heterocycles. The number of nitrogens with one attached hydrogen (secondary N) is 1. The first kappa shape index (κ1) is 13.8. The number of rotatable bonds is 2. The van der Waals surface area contributed by atoms with Gasteiger partial charge in [0.15, 0.2) is 0 Å². The van der Waals surface area contributed by atoms with Gasteiger partial charge in [0.05, 0.1) is 6.33 Å². The smallest absolute Gasteiger partial charge is 0.270 e. The molecule has 0 aliphatic carbocycles. The van der Waals surface area contributed by atoms with Crippen LogP contribution < -0.4 is 5.32 Å². The molecule has 5 rings (SSSR count). The Morgan fingerprint density at radius 3 is 2.86 bits per heavy atom. The van der Waals surface area contributed by atoms with E-state index in [-0.39, 0.29) is 17.5 Å². The van der Waals surface area contributed by atoms with Crippen LogP contribution in [-0.4, -0.2) is 44.9 Å². The van der Waals surface area contributed by atoms with Crippen LogP contribution in [0.1, 0.15) is 37.2 Å². The molecule has 0 spiro atoms. The first-order valence-corrected chi connectivity index (χ1v) is 8.04. The molecule has 0 aromatic carbocycles. The second kappa shape index (κ2) is 4.81. The second-order valence-corrected chi connectivity index (χ2v) is 7.04. The summed E-state index contributed by atoms with van der Waals surface area (Å²) in [6.07, 6.45) is 5.99. The van der Waals surface area contributed by atoms with Crippen molar-refractivity contribution in [3.8, 4) is 0 Å². The van der Waals surface area contributed by atoms with Crippen molar-refractivity contribution in [2.24, 2.45) is 5.92 Å². The van der Waals surface area contributed by atoms with Gasteiger partial charge in [-0.3, -0.25) is 9.69 Å². The number of aromatic nitrogens is 2. The topological polar surface area (TPSA) is 49.6 Å². The van der Waals surface area contributed by atoms with Crippen LogP contribution in [-0.2, 0) is 0 Å². The standard InChI is InChI=1S/C17H22N4O/c1-17(2)15(12-5-8-21(17)9-6-12)19-16(22)14-10-13-4-3-7-20(13)11-18-14/h3-4,7,10-12,15H,5-6,8-9H2,1-2H3,(H,19,22)/t15-/m0/s1.